The molecule has 0 aliphatic carbocycles. The molecule has 0 saturated carbocycles. The van der Waals surface area contributed by atoms with Gasteiger partial charge in [-0.2, -0.15) is 5.10 Å². The Morgan fingerprint density at radius 3 is 2.90 bits per heavy atom. The van der Waals surface area contributed by atoms with Crippen LogP contribution >= 0.6 is 11.3 Å². The van der Waals surface area contributed by atoms with E-state index in [0.29, 0.717) is 44.6 Å². The average Bonchev–Trinajstić information content (AvgIpc) is 3.41. The van der Waals surface area contributed by atoms with Crippen LogP contribution in [0.1, 0.15) is 5.69 Å². The van der Waals surface area contributed by atoms with Gasteiger partial charge in [0.1, 0.15) is 0 Å². The number of aryl methyl sites for hydroxylation is 1. The summed E-state index contributed by atoms with van der Waals surface area (Å²) in [6, 6.07) is 11.0. The molecule has 3 aromatic heterocycles. The molecule has 0 bridgehead atoms. The van der Waals surface area contributed by atoms with Crippen molar-refractivity contribution in [3.63, 3.8) is 0 Å². The van der Waals surface area contributed by atoms with Gasteiger partial charge in [0.05, 0.1) is 26.8 Å². The summed E-state index contributed by atoms with van der Waals surface area (Å²) in [5.41, 5.74) is 2.94. The second-order valence-electron chi connectivity index (χ2n) is 6.54. The highest BCUT2D eigenvalue weighted by Gasteiger charge is 2.17. The number of hydrogen-bond acceptors (Lipinski definition) is 8. The molecule has 0 spiro atoms. The zero-order chi connectivity index (χ0) is 19.5. The van der Waals surface area contributed by atoms with Gasteiger partial charge >= 0.3 is 0 Å². The molecule has 4 heterocycles. The van der Waals surface area contributed by atoms with Crippen molar-refractivity contribution < 1.29 is 9.47 Å². The third-order valence-corrected chi connectivity index (χ3v) is 5.65. The quantitative estimate of drug-likeness (QED) is 0.443. The van der Waals surface area contributed by atoms with E-state index in [1.807, 2.05) is 37.3 Å². The van der Waals surface area contributed by atoms with Crippen LogP contribution in [-0.2, 0) is 0 Å². The topological polar surface area (TPSA) is 106 Å². The van der Waals surface area contributed by atoms with E-state index in [4.69, 9.17) is 9.47 Å². The van der Waals surface area contributed by atoms with Crippen molar-refractivity contribution in [3.8, 4) is 11.5 Å². The molecule has 5 aromatic rings. The molecule has 29 heavy (non-hydrogen) atoms. The highest BCUT2D eigenvalue weighted by molar-refractivity contribution is 7.21. The molecule has 142 valence electrons. The van der Waals surface area contributed by atoms with Crippen molar-refractivity contribution in [1.82, 2.24) is 19.6 Å². The minimum atomic E-state index is -0.195. The molecule has 1 aliphatic rings. The summed E-state index contributed by atoms with van der Waals surface area (Å²) in [6.07, 6.45) is 0. The first-order chi connectivity index (χ1) is 14.2. The Morgan fingerprint density at radius 2 is 2.00 bits per heavy atom. The van der Waals surface area contributed by atoms with E-state index in [9.17, 15) is 4.79 Å². The van der Waals surface area contributed by atoms with Crippen LogP contribution in [0.15, 0.2) is 51.4 Å². The van der Waals surface area contributed by atoms with Gasteiger partial charge in [-0.15, -0.1) is 10.2 Å². The molecule has 2 aromatic carbocycles. The molecule has 1 N–H and O–H groups in total. The molecule has 10 heteroatoms. The van der Waals surface area contributed by atoms with Crippen LogP contribution in [0.4, 0.5) is 10.8 Å². The number of H-pyrrole nitrogens is 1. The predicted octanol–water partition coefficient (Wildman–Crippen LogP) is 4.24. The third-order valence-electron chi connectivity index (χ3n) is 4.74. The van der Waals surface area contributed by atoms with Crippen LogP contribution in [0.5, 0.6) is 11.5 Å². The van der Waals surface area contributed by atoms with Crippen LogP contribution in [0, 0.1) is 6.92 Å². The number of benzene rings is 2. The number of nitrogens with zero attached hydrogens (tertiary/aromatic N) is 5. The number of fused-ring (bicyclic) bond motifs is 5. The first-order valence-electron chi connectivity index (χ1n) is 8.80. The van der Waals surface area contributed by atoms with Gasteiger partial charge in [-0.05, 0) is 19.1 Å². The van der Waals surface area contributed by atoms with Crippen molar-refractivity contribution in [2.45, 2.75) is 6.92 Å². The molecule has 0 radical (unpaired) electrons. The van der Waals surface area contributed by atoms with Crippen molar-refractivity contribution in [1.29, 1.82) is 0 Å². The molecular weight excluding hydrogens is 392 g/mol. The summed E-state index contributed by atoms with van der Waals surface area (Å²) in [5.74, 6) is 1.38. The fourth-order valence-electron chi connectivity index (χ4n) is 3.39. The number of rotatable bonds is 2. The van der Waals surface area contributed by atoms with E-state index < -0.39 is 0 Å². The molecule has 0 atom stereocenters. The van der Waals surface area contributed by atoms with E-state index in [2.05, 4.69) is 25.3 Å². The van der Waals surface area contributed by atoms with Gasteiger partial charge in [0, 0.05) is 12.1 Å². The highest BCUT2D eigenvalue weighted by atomic mass is 32.1. The number of nitrogens with one attached hydrogen (secondary N) is 1. The lowest BCUT2D eigenvalue weighted by atomic mass is 10.2. The van der Waals surface area contributed by atoms with Crippen molar-refractivity contribution in [2.24, 2.45) is 10.2 Å². The van der Waals surface area contributed by atoms with E-state index in [1.54, 1.807) is 10.6 Å². The van der Waals surface area contributed by atoms with E-state index >= 15 is 0 Å². The maximum absolute atomic E-state index is 12.4. The molecule has 1 aliphatic heterocycles. The summed E-state index contributed by atoms with van der Waals surface area (Å²) in [6.45, 7) is 2.05. The van der Waals surface area contributed by atoms with Crippen LogP contribution in [0.3, 0.4) is 0 Å². The molecule has 6 rings (SSSR count). The second-order valence-corrected chi connectivity index (χ2v) is 7.54. The monoisotopic (exact) mass is 404 g/mol. The molecule has 9 nitrogen and oxygen atoms in total. The molecule has 0 fully saturated rings. The Morgan fingerprint density at radius 1 is 1.17 bits per heavy atom. The van der Waals surface area contributed by atoms with E-state index in [1.165, 1.54) is 11.3 Å². The number of aromatic amines is 1. The molecule has 0 unspecified atom stereocenters. The fraction of sp³-hybridized carbons (Fsp3) is 0.105. The van der Waals surface area contributed by atoms with Crippen LogP contribution in [-0.4, -0.2) is 26.4 Å². The summed E-state index contributed by atoms with van der Waals surface area (Å²) >= 11 is 1.40. The van der Waals surface area contributed by atoms with Gasteiger partial charge in [-0.25, -0.2) is 9.50 Å². The number of aromatic nitrogens is 4. The second kappa shape index (κ2) is 5.85. The zero-order valence-electron chi connectivity index (χ0n) is 15.0. The lowest BCUT2D eigenvalue weighted by Crippen LogP contribution is -2.09. The fourth-order valence-corrected chi connectivity index (χ4v) is 4.19. The first-order valence-corrected chi connectivity index (χ1v) is 9.61. The Kier molecular flexibility index (Phi) is 3.27. The van der Waals surface area contributed by atoms with Crippen LogP contribution in [0.25, 0.3) is 26.8 Å². The Hall–Kier alpha value is -3.79. The number of para-hydroxylation sites is 1. The van der Waals surface area contributed by atoms with Gasteiger partial charge in [0.25, 0.3) is 5.56 Å². The minimum absolute atomic E-state index is 0.195. The number of hydrogen-bond donors (Lipinski definition) is 1. The van der Waals surface area contributed by atoms with Crippen molar-refractivity contribution in [2.75, 3.05) is 6.79 Å². The van der Waals surface area contributed by atoms with Crippen molar-refractivity contribution in [3.05, 3.63) is 52.4 Å². The Balaban J connectivity index is 1.47. The van der Waals surface area contributed by atoms with Gasteiger partial charge in [-0.1, -0.05) is 23.5 Å². The molecule has 0 amide bonds. The Labute approximate surface area is 166 Å². The van der Waals surface area contributed by atoms with Gasteiger partial charge in [0.15, 0.2) is 22.8 Å². The average molecular weight is 404 g/mol. The lowest BCUT2D eigenvalue weighted by Gasteiger charge is -2.00. The molecule has 0 saturated heterocycles. The SMILES string of the molecule is Cc1nn2c([nH]c(=O)c3ccccc32)c1N=Nc1nc2cc3c(cc2s1)OCO3. The number of thiazole rings is 1. The van der Waals surface area contributed by atoms with Crippen molar-refractivity contribution >= 4 is 48.9 Å². The van der Waals surface area contributed by atoms with E-state index in [-0.39, 0.29) is 12.4 Å². The maximum Gasteiger partial charge on any atom is 0.259 e. The van der Waals surface area contributed by atoms with Crippen LogP contribution in [0.2, 0.25) is 0 Å². The van der Waals surface area contributed by atoms with Crippen LogP contribution < -0.4 is 15.0 Å². The normalized spacial score (nSPS) is 13.4. The zero-order valence-corrected chi connectivity index (χ0v) is 15.9. The van der Waals surface area contributed by atoms with Gasteiger partial charge in [-0.3, -0.25) is 4.79 Å². The summed E-state index contributed by atoms with van der Waals surface area (Å²) < 4.78 is 13.4. The summed E-state index contributed by atoms with van der Waals surface area (Å²) in [5, 5.41) is 14.2. The van der Waals surface area contributed by atoms with Gasteiger partial charge in [0.2, 0.25) is 11.9 Å². The third kappa shape index (κ3) is 2.42. The number of ether oxygens (including phenoxy) is 2. The maximum atomic E-state index is 12.4. The largest absolute Gasteiger partial charge is 0.454 e. The minimum Gasteiger partial charge on any atom is -0.454 e. The highest BCUT2D eigenvalue weighted by Crippen LogP contribution is 2.40. The summed E-state index contributed by atoms with van der Waals surface area (Å²) in [7, 11) is 0. The first kappa shape index (κ1) is 16.2. The smallest absolute Gasteiger partial charge is 0.259 e. The molecular formula is C19H12N6O3S. The lowest BCUT2D eigenvalue weighted by molar-refractivity contribution is 0.174. The van der Waals surface area contributed by atoms with E-state index in [0.717, 1.165) is 10.2 Å². The Bertz CT molecular complexity index is 1490. The number of azo groups is 1. The predicted molar refractivity (Wildman–Crippen MR) is 108 cm³/mol. The van der Waals surface area contributed by atoms with Gasteiger partial charge < -0.3 is 14.5 Å². The standard InChI is InChI=1S/C19H12N6O3S/c1-9-16(17-21-18(26)10-4-2-3-5-12(10)25(17)24-9)22-23-19-20-11-6-13-14(28-8-27-13)7-15(11)29-19/h2-7H,8H2,1H3,(H,21,26). The summed E-state index contributed by atoms with van der Waals surface area (Å²) in [4.78, 5) is 19.8.